The second-order valence-corrected chi connectivity index (χ2v) is 5.07. The first-order chi connectivity index (χ1) is 7.64. The molecular weight excluding hydrogens is 198 g/mol. The molecule has 0 saturated heterocycles. The number of rotatable bonds is 2. The van der Waals surface area contributed by atoms with Gasteiger partial charge in [0.25, 0.3) is 0 Å². The lowest BCUT2D eigenvalue weighted by Gasteiger charge is -2.36. The van der Waals surface area contributed by atoms with Crippen LogP contribution in [0.1, 0.15) is 38.2 Å². The highest BCUT2D eigenvalue weighted by molar-refractivity contribution is 5.33. The molecule has 2 nitrogen and oxygen atoms in total. The smallest absolute Gasteiger partial charge is 0.119 e. The van der Waals surface area contributed by atoms with E-state index in [-0.39, 0.29) is 5.54 Å². The van der Waals surface area contributed by atoms with Crippen molar-refractivity contribution in [2.24, 2.45) is 11.7 Å². The van der Waals surface area contributed by atoms with E-state index in [4.69, 9.17) is 10.5 Å². The van der Waals surface area contributed by atoms with Crippen molar-refractivity contribution in [1.82, 2.24) is 0 Å². The standard InChI is InChI=1S/C14H21NO/c1-11-6-8-14(15,9-7-11)12-4-3-5-13(10-12)16-2/h3-5,10-11H,6-9,15H2,1-2H3. The van der Waals surface area contributed by atoms with E-state index in [0.717, 1.165) is 24.5 Å². The van der Waals surface area contributed by atoms with E-state index in [1.54, 1.807) is 7.11 Å². The van der Waals surface area contributed by atoms with Gasteiger partial charge in [0.15, 0.2) is 0 Å². The summed E-state index contributed by atoms with van der Waals surface area (Å²) in [5.41, 5.74) is 7.59. The molecule has 0 radical (unpaired) electrons. The Labute approximate surface area is 97.8 Å². The van der Waals surface area contributed by atoms with Crippen molar-refractivity contribution < 1.29 is 4.74 Å². The van der Waals surface area contributed by atoms with Crippen LogP contribution < -0.4 is 10.5 Å². The Morgan fingerprint density at radius 1 is 1.31 bits per heavy atom. The van der Waals surface area contributed by atoms with Gasteiger partial charge >= 0.3 is 0 Å². The largest absolute Gasteiger partial charge is 0.497 e. The Hall–Kier alpha value is -1.02. The molecular formula is C14H21NO. The first kappa shape index (κ1) is 11.5. The molecule has 16 heavy (non-hydrogen) atoms. The summed E-state index contributed by atoms with van der Waals surface area (Å²) < 4.78 is 5.26. The zero-order chi connectivity index (χ0) is 11.6. The fourth-order valence-corrected chi connectivity index (χ4v) is 2.50. The number of hydrogen-bond acceptors (Lipinski definition) is 2. The molecule has 1 aliphatic rings. The second-order valence-electron chi connectivity index (χ2n) is 5.07. The van der Waals surface area contributed by atoms with Gasteiger partial charge in [-0.2, -0.15) is 0 Å². The van der Waals surface area contributed by atoms with Gasteiger partial charge in [-0.15, -0.1) is 0 Å². The fourth-order valence-electron chi connectivity index (χ4n) is 2.50. The maximum absolute atomic E-state index is 6.51. The van der Waals surface area contributed by atoms with Crippen LogP contribution in [0.15, 0.2) is 24.3 Å². The van der Waals surface area contributed by atoms with E-state index in [1.165, 1.54) is 18.4 Å². The minimum absolute atomic E-state index is 0.138. The second kappa shape index (κ2) is 4.46. The van der Waals surface area contributed by atoms with Crippen molar-refractivity contribution in [3.8, 4) is 5.75 Å². The highest BCUT2D eigenvalue weighted by Crippen LogP contribution is 2.38. The van der Waals surface area contributed by atoms with Crippen LogP contribution in [-0.4, -0.2) is 7.11 Å². The molecule has 1 saturated carbocycles. The van der Waals surface area contributed by atoms with E-state index in [2.05, 4.69) is 19.1 Å². The number of methoxy groups -OCH3 is 1. The van der Waals surface area contributed by atoms with Crippen LogP contribution in [0.4, 0.5) is 0 Å². The summed E-state index contributed by atoms with van der Waals surface area (Å²) >= 11 is 0. The molecule has 0 aromatic heterocycles. The lowest BCUT2D eigenvalue weighted by atomic mass is 9.74. The van der Waals surface area contributed by atoms with E-state index >= 15 is 0 Å². The molecule has 2 heteroatoms. The van der Waals surface area contributed by atoms with Crippen LogP contribution in [0.25, 0.3) is 0 Å². The van der Waals surface area contributed by atoms with E-state index < -0.39 is 0 Å². The topological polar surface area (TPSA) is 35.2 Å². The molecule has 1 fully saturated rings. The number of ether oxygens (including phenoxy) is 1. The molecule has 0 heterocycles. The third kappa shape index (κ3) is 2.22. The normalized spacial score (nSPS) is 30.1. The zero-order valence-electron chi connectivity index (χ0n) is 10.2. The quantitative estimate of drug-likeness (QED) is 0.829. The van der Waals surface area contributed by atoms with Gasteiger partial charge in [-0.3, -0.25) is 0 Å². The highest BCUT2D eigenvalue weighted by Gasteiger charge is 2.31. The summed E-state index contributed by atoms with van der Waals surface area (Å²) in [5, 5.41) is 0. The molecule has 0 bridgehead atoms. The molecule has 1 aromatic carbocycles. The van der Waals surface area contributed by atoms with Gasteiger partial charge in [0, 0.05) is 5.54 Å². The molecule has 0 unspecified atom stereocenters. The van der Waals surface area contributed by atoms with E-state index in [0.29, 0.717) is 0 Å². The maximum atomic E-state index is 6.51. The Morgan fingerprint density at radius 2 is 2.00 bits per heavy atom. The summed E-state index contributed by atoms with van der Waals surface area (Å²) in [7, 11) is 1.70. The minimum Gasteiger partial charge on any atom is -0.497 e. The van der Waals surface area contributed by atoms with Crippen molar-refractivity contribution in [1.29, 1.82) is 0 Å². The average molecular weight is 219 g/mol. The lowest BCUT2D eigenvalue weighted by molar-refractivity contribution is 0.247. The summed E-state index contributed by atoms with van der Waals surface area (Å²) in [6, 6.07) is 8.20. The summed E-state index contributed by atoms with van der Waals surface area (Å²) in [6.07, 6.45) is 4.63. The van der Waals surface area contributed by atoms with Gasteiger partial charge in [-0.25, -0.2) is 0 Å². The Bertz CT molecular complexity index is 354. The summed E-state index contributed by atoms with van der Waals surface area (Å²) in [5.74, 6) is 1.73. The lowest BCUT2D eigenvalue weighted by Crippen LogP contribution is -2.40. The van der Waals surface area contributed by atoms with Crippen LogP contribution in [0.5, 0.6) is 5.75 Å². The Morgan fingerprint density at radius 3 is 2.62 bits per heavy atom. The number of hydrogen-bond donors (Lipinski definition) is 1. The first-order valence-electron chi connectivity index (χ1n) is 6.07. The predicted octanol–water partition coefficient (Wildman–Crippen LogP) is 3.06. The maximum Gasteiger partial charge on any atom is 0.119 e. The molecule has 0 spiro atoms. The fraction of sp³-hybridized carbons (Fsp3) is 0.571. The monoisotopic (exact) mass is 219 g/mol. The molecule has 1 aliphatic carbocycles. The van der Waals surface area contributed by atoms with Crippen molar-refractivity contribution in [2.75, 3.05) is 7.11 Å². The van der Waals surface area contributed by atoms with Gasteiger partial charge in [0.1, 0.15) is 5.75 Å². The minimum atomic E-state index is -0.138. The van der Waals surface area contributed by atoms with Crippen molar-refractivity contribution in [2.45, 2.75) is 38.1 Å². The van der Waals surface area contributed by atoms with Crippen LogP contribution in [-0.2, 0) is 5.54 Å². The number of benzene rings is 1. The molecule has 2 N–H and O–H groups in total. The summed E-state index contributed by atoms with van der Waals surface area (Å²) in [6.45, 7) is 2.31. The predicted molar refractivity (Wildman–Crippen MR) is 66.5 cm³/mol. The molecule has 0 aliphatic heterocycles. The van der Waals surface area contributed by atoms with Crippen molar-refractivity contribution in [3.05, 3.63) is 29.8 Å². The van der Waals surface area contributed by atoms with E-state index in [9.17, 15) is 0 Å². The Kier molecular flexibility index (Phi) is 3.20. The van der Waals surface area contributed by atoms with Crippen LogP contribution >= 0.6 is 0 Å². The molecule has 0 amide bonds. The third-order valence-corrected chi connectivity index (χ3v) is 3.81. The van der Waals surface area contributed by atoms with Gasteiger partial charge in [-0.05, 0) is 49.3 Å². The van der Waals surface area contributed by atoms with E-state index in [1.807, 2.05) is 12.1 Å². The average Bonchev–Trinajstić information content (AvgIpc) is 2.33. The van der Waals surface area contributed by atoms with Gasteiger partial charge in [-0.1, -0.05) is 19.1 Å². The van der Waals surface area contributed by atoms with Crippen molar-refractivity contribution >= 4 is 0 Å². The third-order valence-electron chi connectivity index (χ3n) is 3.81. The van der Waals surface area contributed by atoms with Crippen molar-refractivity contribution in [3.63, 3.8) is 0 Å². The molecule has 1 aromatic rings. The van der Waals surface area contributed by atoms with Gasteiger partial charge in [0.05, 0.1) is 7.11 Å². The zero-order valence-corrected chi connectivity index (χ0v) is 10.2. The number of nitrogens with two attached hydrogens (primary N) is 1. The first-order valence-corrected chi connectivity index (χ1v) is 6.07. The molecule has 88 valence electrons. The SMILES string of the molecule is COc1cccc(C2(N)CCC(C)CC2)c1. The summed E-state index contributed by atoms with van der Waals surface area (Å²) in [4.78, 5) is 0. The highest BCUT2D eigenvalue weighted by atomic mass is 16.5. The molecule has 2 rings (SSSR count). The van der Waals surface area contributed by atoms with Crippen LogP contribution in [0.3, 0.4) is 0 Å². The van der Waals surface area contributed by atoms with Gasteiger partial charge in [0.2, 0.25) is 0 Å². The Balaban J connectivity index is 2.21. The van der Waals surface area contributed by atoms with Crippen LogP contribution in [0, 0.1) is 5.92 Å². The van der Waals surface area contributed by atoms with Gasteiger partial charge < -0.3 is 10.5 Å². The van der Waals surface area contributed by atoms with Crippen LogP contribution in [0.2, 0.25) is 0 Å². The molecule has 0 atom stereocenters.